The van der Waals surface area contributed by atoms with Crippen molar-refractivity contribution in [3.8, 4) is 5.75 Å². The van der Waals surface area contributed by atoms with Crippen molar-refractivity contribution in [2.24, 2.45) is 5.73 Å². The van der Waals surface area contributed by atoms with E-state index in [-0.39, 0.29) is 5.91 Å². The molecule has 1 amide bonds. The minimum Gasteiger partial charge on any atom is -0.496 e. The number of rotatable bonds is 5. The molecule has 3 N–H and O–H groups in total. The summed E-state index contributed by atoms with van der Waals surface area (Å²) in [5, 5.41) is 3.33. The Morgan fingerprint density at radius 2 is 2.15 bits per heavy atom. The van der Waals surface area contributed by atoms with E-state index < -0.39 is 5.54 Å². The molecule has 0 radical (unpaired) electrons. The zero-order valence-corrected chi connectivity index (χ0v) is 12.1. The Morgan fingerprint density at radius 3 is 2.75 bits per heavy atom. The van der Waals surface area contributed by atoms with Crippen LogP contribution in [-0.4, -0.2) is 31.8 Å². The summed E-state index contributed by atoms with van der Waals surface area (Å²) in [7, 11) is 1.66. The zero-order chi connectivity index (χ0) is 14.6. The highest BCUT2D eigenvalue weighted by molar-refractivity contribution is 5.84. The van der Waals surface area contributed by atoms with Gasteiger partial charge in [0, 0.05) is 19.8 Å². The van der Waals surface area contributed by atoms with Crippen molar-refractivity contribution in [1.82, 2.24) is 5.32 Å². The molecule has 0 saturated carbocycles. The standard InChI is InChI=1S/C15H22N2O3/c1-11-12(4-3-5-13(11)19-2)10-17-15(14(16)18)6-8-20-9-7-15/h3-5,17H,6-10H2,1-2H3,(H2,16,18). The van der Waals surface area contributed by atoms with E-state index in [0.717, 1.165) is 16.9 Å². The largest absolute Gasteiger partial charge is 0.496 e. The van der Waals surface area contributed by atoms with Gasteiger partial charge >= 0.3 is 0 Å². The topological polar surface area (TPSA) is 73.6 Å². The van der Waals surface area contributed by atoms with Crippen LogP contribution in [-0.2, 0) is 16.1 Å². The van der Waals surface area contributed by atoms with Gasteiger partial charge in [-0.15, -0.1) is 0 Å². The molecular formula is C15H22N2O3. The number of hydrogen-bond acceptors (Lipinski definition) is 4. The van der Waals surface area contributed by atoms with Gasteiger partial charge in [-0.2, -0.15) is 0 Å². The van der Waals surface area contributed by atoms with Gasteiger partial charge in [-0.05, 0) is 37.0 Å². The lowest BCUT2D eigenvalue weighted by Gasteiger charge is -2.35. The minimum atomic E-state index is -0.659. The monoisotopic (exact) mass is 278 g/mol. The van der Waals surface area contributed by atoms with Crippen molar-refractivity contribution in [1.29, 1.82) is 0 Å². The Labute approximate surface area is 119 Å². The highest BCUT2D eigenvalue weighted by Gasteiger charge is 2.37. The third kappa shape index (κ3) is 2.94. The molecule has 110 valence electrons. The van der Waals surface area contributed by atoms with Gasteiger partial charge in [0.15, 0.2) is 0 Å². The smallest absolute Gasteiger partial charge is 0.237 e. The first kappa shape index (κ1) is 14.8. The van der Waals surface area contributed by atoms with Crippen LogP contribution in [0.15, 0.2) is 18.2 Å². The van der Waals surface area contributed by atoms with Crippen molar-refractivity contribution in [3.63, 3.8) is 0 Å². The van der Waals surface area contributed by atoms with E-state index in [0.29, 0.717) is 32.6 Å². The average molecular weight is 278 g/mol. The second-order valence-electron chi connectivity index (χ2n) is 5.16. The molecule has 2 rings (SSSR count). The molecule has 1 aromatic carbocycles. The van der Waals surface area contributed by atoms with E-state index in [1.54, 1.807) is 7.11 Å². The van der Waals surface area contributed by atoms with Crippen molar-refractivity contribution in [2.45, 2.75) is 31.8 Å². The van der Waals surface area contributed by atoms with Crippen molar-refractivity contribution >= 4 is 5.91 Å². The first-order valence-electron chi connectivity index (χ1n) is 6.84. The van der Waals surface area contributed by atoms with E-state index in [1.165, 1.54) is 0 Å². The fourth-order valence-corrected chi connectivity index (χ4v) is 2.57. The minimum absolute atomic E-state index is 0.304. The third-order valence-electron chi connectivity index (χ3n) is 4.05. The van der Waals surface area contributed by atoms with E-state index >= 15 is 0 Å². The third-order valence-corrected chi connectivity index (χ3v) is 4.05. The molecule has 0 atom stereocenters. The summed E-state index contributed by atoms with van der Waals surface area (Å²) in [5.41, 5.74) is 7.11. The van der Waals surface area contributed by atoms with Gasteiger partial charge in [0.25, 0.3) is 0 Å². The maximum Gasteiger partial charge on any atom is 0.237 e. The fourth-order valence-electron chi connectivity index (χ4n) is 2.57. The van der Waals surface area contributed by atoms with E-state index in [9.17, 15) is 4.79 Å². The Morgan fingerprint density at radius 1 is 1.45 bits per heavy atom. The van der Waals surface area contributed by atoms with Crippen LogP contribution in [0.5, 0.6) is 5.75 Å². The Balaban J connectivity index is 2.12. The van der Waals surface area contributed by atoms with Crippen LogP contribution < -0.4 is 15.8 Å². The number of amides is 1. The number of ether oxygens (including phenoxy) is 2. The summed E-state index contributed by atoms with van der Waals surface area (Å²) in [5.74, 6) is 0.547. The molecule has 5 nitrogen and oxygen atoms in total. The first-order valence-corrected chi connectivity index (χ1v) is 6.84. The summed E-state index contributed by atoms with van der Waals surface area (Å²) in [6.45, 7) is 3.73. The van der Waals surface area contributed by atoms with E-state index in [4.69, 9.17) is 15.2 Å². The molecule has 1 fully saturated rings. The van der Waals surface area contributed by atoms with Gasteiger partial charge in [0.1, 0.15) is 11.3 Å². The summed E-state index contributed by atoms with van der Waals surface area (Å²) in [4.78, 5) is 11.8. The van der Waals surface area contributed by atoms with Crippen LogP contribution in [0.25, 0.3) is 0 Å². The van der Waals surface area contributed by atoms with Gasteiger partial charge in [-0.1, -0.05) is 12.1 Å². The number of primary amides is 1. The molecule has 1 aliphatic rings. The summed E-state index contributed by atoms with van der Waals surface area (Å²) in [6, 6.07) is 5.90. The quantitative estimate of drug-likeness (QED) is 0.846. The Kier molecular flexibility index (Phi) is 4.62. The van der Waals surface area contributed by atoms with Gasteiger partial charge in [-0.3, -0.25) is 10.1 Å². The number of hydrogen-bond donors (Lipinski definition) is 2. The maximum atomic E-state index is 11.8. The molecule has 0 aromatic heterocycles. The Hall–Kier alpha value is -1.59. The second kappa shape index (κ2) is 6.24. The summed E-state index contributed by atoms with van der Waals surface area (Å²) >= 11 is 0. The molecule has 1 saturated heterocycles. The lowest BCUT2D eigenvalue weighted by atomic mass is 9.89. The Bertz CT molecular complexity index is 482. The average Bonchev–Trinajstić information content (AvgIpc) is 2.47. The maximum absolute atomic E-state index is 11.8. The van der Waals surface area contributed by atoms with Crippen LogP contribution >= 0.6 is 0 Å². The first-order chi connectivity index (χ1) is 9.59. The van der Waals surface area contributed by atoms with Crippen LogP contribution in [0.2, 0.25) is 0 Å². The molecule has 0 aliphatic carbocycles. The lowest BCUT2D eigenvalue weighted by molar-refractivity contribution is -0.128. The fraction of sp³-hybridized carbons (Fsp3) is 0.533. The van der Waals surface area contributed by atoms with Crippen LogP contribution in [0, 0.1) is 6.92 Å². The number of carbonyl (C=O) groups is 1. The SMILES string of the molecule is COc1cccc(CNC2(C(N)=O)CCOCC2)c1C. The molecule has 1 heterocycles. The van der Waals surface area contributed by atoms with Crippen LogP contribution in [0.1, 0.15) is 24.0 Å². The summed E-state index contributed by atoms with van der Waals surface area (Å²) < 4.78 is 10.6. The lowest BCUT2D eigenvalue weighted by Crippen LogP contribution is -2.58. The molecular weight excluding hydrogens is 256 g/mol. The van der Waals surface area contributed by atoms with Crippen molar-refractivity contribution in [2.75, 3.05) is 20.3 Å². The van der Waals surface area contributed by atoms with Gasteiger partial charge in [-0.25, -0.2) is 0 Å². The highest BCUT2D eigenvalue weighted by atomic mass is 16.5. The predicted octanol–water partition coefficient (Wildman–Crippen LogP) is 1.13. The van der Waals surface area contributed by atoms with E-state index in [2.05, 4.69) is 5.32 Å². The summed E-state index contributed by atoms with van der Waals surface area (Å²) in [6.07, 6.45) is 1.23. The second-order valence-corrected chi connectivity index (χ2v) is 5.16. The van der Waals surface area contributed by atoms with Crippen LogP contribution in [0.3, 0.4) is 0 Å². The van der Waals surface area contributed by atoms with Crippen molar-refractivity contribution < 1.29 is 14.3 Å². The van der Waals surface area contributed by atoms with Gasteiger partial charge < -0.3 is 15.2 Å². The number of methoxy groups -OCH3 is 1. The van der Waals surface area contributed by atoms with Gasteiger partial charge in [0.2, 0.25) is 5.91 Å². The molecule has 0 unspecified atom stereocenters. The van der Waals surface area contributed by atoms with E-state index in [1.807, 2.05) is 25.1 Å². The number of benzene rings is 1. The molecule has 1 aromatic rings. The number of carbonyl (C=O) groups excluding carboxylic acids is 1. The molecule has 20 heavy (non-hydrogen) atoms. The number of nitrogens with two attached hydrogens (primary N) is 1. The highest BCUT2D eigenvalue weighted by Crippen LogP contribution is 2.24. The van der Waals surface area contributed by atoms with Gasteiger partial charge in [0.05, 0.1) is 7.11 Å². The molecule has 0 spiro atoms. The van der Waals surface area contributed by atoms with Crippen molar-refractivity contribution in [3.05, 3.63) is 29.3 Å². The number of nitrogens with one attached hydrogen (secondary N) is 1. The van der Waals surface area contributed by atoms with Crippen LogP contribution in [0.4, 0.5) is 0 Å². The normalized spacial score (nSPS) is 17.7. The molecule has 0 bridgehead atoms. The molecule has 1 aliphatic heterocycles. The predicted molar refractivity (Wildman–Crippen MR) is 76.5 cm³/mol. The zero-order valence-electron chi connectivity index (χ0n) is 12.1. The molecule has 5 heteroatoms.